The van der Waals surface area contributed by atoms with Crippen molar-refractivity contribution < 1.29 is 19.4 Å². The number of aromatic nitrogens is 3. The third-order valence-electron chi connectivity index (χ3n) is 6.83. The Bertz CT molecular complexity index is 1120. The van der Waals surface area contributed by atoms with E-state index in [0.29, 0.717) is 18.2 Å². The van der Waals surface area contributed by atoms with Crippen LogP contribution in [0.4, 0.5) is 0 Å². The molecule has 3 aromatic rings. The number of benzene rings is 1. The fraction of sp³-hybridized carbons (Fsp3) is 0.478. The summed E-state index contributed by atoms with van der Waals surface area (Å²) in [6, 6.07) is 6.58. The summed E-state index contributed by atoms with van der Waals surface area (Å²) in [6.07, 6.45) is 5.09. The number of nitrogens with zero attached hydrogens (tertiary/aromatic N) is 4. The van der Waals surface area contributed by atoms with E-state index in [2.05, 4.69) is 21.3 Å². The standard InChI is InChI=1S/C22H25N5O2S.CH2O2/c28-21(24-18-12-26-7-3-14(18)4-8-26)20-17-2-1-15(22-23-6-10-30-22)11-19(17)27(25-20)16-5-9-29-13-16;2-1-3/h1-2,6,10-11,14,16,18H,3-5,7-9,12-13H2,(H,24,28);1H,(H,2,3)/t16?,18-;/m1./s1. The van der Waals surface area contributed by atoms with Gasteiger partial charge >= 0.3 is 0 Å². The van der Waals surface area contributed by atoms with Crippen molar-refractivity contribution in [2.45, 2.75) is 31.3 Å². The highest BCUT2D eigenvalue weighted by Gasteiger charge is 2.36. The first-order valence-electron chi connectivity index (χ1n) is 11.3. The predicted octanol–water partition coefficient (Wildman–Crippen LogP) is 2.65. The van der Waals surface area contributed by atoms with E-state index in [1.165, 1.54) is 12.8 Å². The lowest BCUT2D eigenvalue weighted by molar-refractivity contribution is -0.122. The van der Waals surface area contributed by atoms with E-state index in [0.717, 1.165) is 54.1 Å². The van der Waals surface area contributed by atoms with Gasteiger partial charge in [0.05, 0.1) is 18.2 Å². The number of amides is 1. The molecule has 1 amide bonds. The molecule has 4 aliphatic rings. The molecule has 1 unspecified atom stereocenters. The van der Waals surface area contributed by atoms with Crippen LogP contribution in [-0.4, -0.2) is 76.0 Å². The van der Waals surface area contributed by atoms with Gasteiger partial charge in [-0.05, 0) is 50.4 Å². The van der Waals surface area contributed by atoms with E-state index in [1.54, 1.807) is 11.3 Å². The van der Waals surface area contributed by atoms with Gasteiger partial charge in [0.2, 0.25) is 0 Å². The molecule has 10 heteroatoms. The van der Waals surface area contributed by atoms with Crippen LogP contribution in [0.1, 0.15) is 35.8 Å². The van der Waals surface area contributed by atoms with Crippen LogP contribution in [0.2, 0.25) is 0 Å². The Balaban J connectivity index is 0.000000724. The molecule has 1 aromatic carbocycles. The van der Waals surface area contributed by atoms with Gasteiger partial charge < -0.3 is 20.1 Å². The number of carboxylic acid groups (broad SMARTS) is 1. The molecule has 0 aliphatic carbocycles. The molecule has 0 spiro atoms. The topological polar surface area (TPSA) is 110 Å². The minimum absolute atomic E-state index is 0.0570. The number of fused-ring (bicyclic) bond motifs is 4. The van der Waals surface area contributed by atoms with Crippen LogP contribution in [0.3, 0.4) is 0 Å². The molecule has 4 aliphatic heterocycles. The summed E-state index contributed by atoms with van der Waals surface area (Å²) < 4.78 is 7.62. The molecule has 4 saturated heterocycles. The lowest BCUT2D eigenvalue weighted by Crippen LogP contribution is -2.57. The Morgan fingerprint density at radius 1 is 1.27 bits per heavy atom. The highest BCUT2D eigenvalue weighted by atomic mass is 32.1. The number of nitrogens with one attached hydrogen (secondary N) is 1. The highest BCUT2D eigenvalue weighted by Crippen LogP contribution is 2.32. The van der Waals surface area contributed by atoms with Crippen LogP contribution < -0.4 is 5.32 Å². The van der Waals surface area contributed by atoms with Gasteiger partial charge in [-0.2, -0.15) is 5.10 Å². The minimum atomic E-state index is -0.250. The first-order chi connectivity index (χ1) is 16.2. The normalized spacial score (nSPS) is 26.1. The van der Waals surface area contributed by atoms with Crippen molar-refractivity contribution in [2.75, 3.05) is 32.8 Å². The molecule has 0 radical (unpaired) electrons. The number of hydrogen-bond acceptors (Lipinski definition) is 7. The predicted molar refractivity (Wildman–Crippen MR) is 124 cm³/mol. The summed E-state index contributed by atoms with van der Waals surface area (Å²) >= 11 is 1.62. The summed E-state index contributed by atoms with van der Waals surface area (Å²) in [6.45, 7) is 4.41. The van der Waals surface area contributed by atoms with Crippen LogP contribution in [0.25, 0.3) is 21.5 Å². The summed E-state index contributed by atoms with van der Waals surface area (Å²) in [4.78, 5) is 28.6. The van der Waals surface area contributed by atoms with Gasteiger partial charge in [-0.1, -0.05) is 6.07 Å². The molecular formula is C23H27N5O4S. The summed E-state index contributed by atoms with van der Waals surface area (Å²) in [5, 5.41) is 18.9. The van der Waals surface area contributed by atoms with Crippen LogP contribution >= 0.6 is 11.3 Å². The van der Waals surface area contributed by atoms with E-state index in [-0.39, 0.29) is 24.5 Å². The molecule has 2 N–H and O–H groups in total. The van der Waals surface area contributed by atoms with Crippen LogP contribution in [0.15, 0.2) is 29.8 Å². The Morgan fingerprint density at radius 3 is 2.73 bits per heavy atom. The van der Waals surface area contributed by atoms with Crippen LogP contribution in [0, 0.1) is 5.92 Å². The molecule has 0 saturated carbocycles. The zero-order chi connectivity index (χ0) is 22.8. The van der Waals surface area contributed by atoms with Crippen molar-refractivity contribution in [3.8, 4) is 10.6 Å². The average Bonchev–Trinajstić information content (AvgIpc) is 3.61. The van der Waals surface area contributed by atoms with Crippen molar-refractivity contribution >= 4 is 34.6 Å². The minimum Gasteiger partial charge on any atom is -0.483 e. The third-order valence-corrected chi connectivity index (χ3v) is 7.65. The lowest BCUT2D eigenvalue weighted by atomic mass is 9.84. The molecule has 33 heavy (non-hydrogen) atoms. The molecule has 2 aromatic heterocycles. The van der Waals surface area contributed by atoms with Gasteiger partial charge in [0.25, 0.3) is 12.4 Å². The van der Waals surface area contributed by atoms with E-state index >= 15 is 0 Å². The second kappa shape index (κ2) is 9.58. The number of carbonyl (C=O) groups is 2. The van der Waals surface area contributed by atoms with Crippen molar-refractivity contribution in [1.29, 1.82) is 0 Å². The number of ether oxygens (including phenoxy) is 1. The maximum Gasteiger partial charge on any atom is 0.290 e. The largest absolute Gasteiger partial charge is 0.483 e. The second-order valence-electron chi connectivity index (χ2n) is 8.70. The van der Waals surface area contributed by atoms with Crippen molar-refractivity contribution in [3.63, 3.8) is 0 Å². The smallest absolute Gasteiger partial charge is 0.290 e. The summed E-state index contributed by atoms with van der Waals surface area (Å²) in [5.41, 5.74) is 2.57. The van der Waals surface area contributed by atoms with Crippen molar-refractivity contribution in [1.82, 2.24) is 25.0 Å². The third kappa shape index (κ3) is 4.38. The lowest BCUT2D eigenvalue weighted by Gasteiger charge is -2.44. The van der Waals surface area contributed by atoms with Crippen molar-refractivity contribution in [2.24, 2.45) is 5.92 Å². The van der Waals surface area contributed by atoms with E-state index in [1.807, 2.05) is 28.4 Å². The molecule has 2 bridgehead atoms. The number of carbonyl (C=O) groups excluding carboxylic acids is 1. The Hall–Kier alpha value is -2.82. The zero-order valence-electron chi connectivity index (χ0n) is 18.2. The molecule has 2 atom stereocenters. The van der Waals surface area contributed by atoms with Gasteiger partial charge in [0.15, 0.2) is 5.69 Å². The monoisotopic (exact) mass is 469 g/mol. The van der Waals surface area contributed by atoms with Gasteiger partial charge in [-0.3, -0.25) is 14.3 Å². The maximum atomic E-state index is 13.3. The van der Waals surface area contributed by atoms with Gasteiger partial charge in [0.1, 0.15) is 5.01 Å². The van der Waals surface area contributed by atoms with Crippen LogP contribution in [-0.2, 0) is 9.53 Å². The number of thiazole rings is 1. The number of hydrogen-bond donors (Lipinski definition) is 2. The molecule has 7 rings (SSSR count). The molecular weight excluding hydrogens is 442 g/mol. The van der Waals surface area contributed by atoms with Gasteiger partial charge in [-0.15, -0.1) is 11.3 Å². The molecule has 6 heterocycles. The molecule has 4 fully saturated rings. The fourth-order valence-corrected chi connectivity index (χ4v) is 5.80. The van der Waals surface area contributed by atoms with Crippen molar-refractivity contribution in [3.05, 3.63) is 35.5 Å². The molecule has 174 valence electrons. The summed E-state index contributed by atoms with van der Waals surface area (Å²) in [5.74, 6) is 0.533. The Morgan fingerprint density at radius 2 is 2.09 bits per heavy atom. The molecule has 9 nitrogen and oxygen atoms in total. The SMILES string of the molecule is O=C(N[C@@H]1CN2CCC1CC2)c1nn(C2CCOC2)c2cc(-c3nccs3)ccc12.O=CO. The van der Waals surface area contributed by atoms with Crippen LogP contribution in [0.5, 0.6) is 0 Å². The first kappa shape index (κ1) is 22.0. The zero-order valence-corrected chi connectivity index (χ0v) is 19.0. The quantitative estimate of drug-likeness (QED) is 0.565. The summed E-state index contributed by atoms with van der Waals surface area (Å²) in [7, 11) is 0. The maximum absolute atomic E-state index is 13.3. The number of piperidine rings is 3. The first-order valence-corrected chi connectivity index (χ1v) is 12.2. The van der Waals surface area contributed by atoms with E-state index in [4.69, 9.17) is 19.7 Å². The number of rotatable bonds is 4. The fourth-order valence-electron chi connectivity index (χ4n) is 5.16. The second-order valence-corrected chi connectivity index (χ2v) is 9.60. The van der Waals surface area contributed by atoms with E-state index in [9.17, 15) is 4.79 Å². The Kier molecular flexibility index (Phi) is 6.39. The van der Waals surface area contributed by atoms with E-state index < -0.39 is 0 Å². The van der Waals surface area contributed by atoms with Gasteiger partial charge in [0, 0.05) is 41.7 Å². The average molecular weight is 470 g/mol. The van der Waals surface area contributed by atoms with Gasteiger partial charge in [-0.25, -0.2) is 4.98 Å². The highest BCUT2D eigenvalue weighted by molar-refractivity contribution is 7.13. The Labute approximate surface area is 195 Å².